The fourth-order valence-electron chi connectivity index (χ4n) is 2.24. The second-order valence-electron chi connectivity index (χ2n) is 6.28. The third-order valence-electron chi connectivity index (χ3n) is 3.33. The zero-order chi connectivity index (χ0) is 13.9. The van der Waals surface area contributed by atoms with Crippen LogP contribution in [0, 0.1) is 11.3 Å². The largest absolute Gasteiger partial charge is 0.480 e. The van der Waals surface area contributed by atoms with Crippen LogP contribution in [0.4, 0.5) is 4.79 Å². The van der Waals surface area contributed by atoms with Gasteiger partial charge in [0.15, 0.2) is 0 Å². The van der Waals surface area contributed by atoms with Gasteiger partial charge in [-0.15, -0.1) is 0 Å². The molecule has 1 unspecified atom stereocenters. The number of carbonyl (C=O) groups excluding carboxylic acids is 1. The first-order valence-electron chi connectivity index (χ1n) is 6.50. The number of carboxylic acids is 1. The predicted octanol–water partition coefficient (Wildman–Crippen LogP) is 1.93. The van der Waals surface area contributed by atoms with Crippen LogP contribution in [-0.4, -0.2) is 41.1 Å². The summed E-state index contributed by atoms with van der Waals surface area (Å²) in [5, 5.41) is 11.8. The van der Waals surface area contributed by atoms with Gasteiger partial charge in [0.25, 0.3) is 0 Å². The Balaban J connectivity index is 2.64. The number of hydrogen-bond acceptors (Lipinski definition) is 2. The van der Waals surface area contributed by atoms with Gasteiger partial charge in [-0.2, -0.15) is 0 Å². The number of likely N-dealkylation sites (tertiary alicyclic amines) is 1. The fraction of sp³-hybridized carbons (Fsp3) is 0.846. The molecule has 104 valence electrons. The minimum Gasteiger partial charge on any atom is -0.480 e. The molecule has 1 aliphatic heterocycles. The van der Waals surface area contributed by atoms with Crippen LogP contribution in [0.25, 0.3) is 0 Å². The van der Waals surface area contributed by atoms with Crippen molar-refractivity contribution in [1.82, 2.24) is 10.2 Å². The Morgan fingerprint density at radius 2 is 2.00 bits per heavy atom. The molecule has 1 aliphatic rings. The summed E-state index contributed by atoms with van der Waals surface area (Å²) in [6.07, 6.45) is 2.12. The van der Waals surface area contributed by atoms with E-state index in [2.05, 4.69) is 12.2 Å². The molecule has 0 aromatic rings. The highest BCUT2D eigenvalue weighted by Crippen LogP contribution is 2.21. The lowest BCUT2D eigenvalue weighted by Gasteiger charge is -2.34. The molecule has 0 aromatic carbocycles. The zero-order valence-corrected chi connectivity index (χ0v) is 11.7. The summed E-state index contributed by atoms with van der Waals surface area (Å²) < 4.78 is 0. The summed E-state index contributed by atoms with van der Waals surface area (Å²) in [5.41, 5.74) is -0.497. The van der Waals surface area contributed by atoms with E-state index in [1.807, 2.05) is 20.8 Å². The molecule has 5 nitrogen and oxygen atoms in total. The van der Waals surface area contributed by atoms with Gasteiger partial charge in [-0.3, -0.25) is 0 Å². The number of carboxylic acid groups (broad SMARTS) is 1. The summed E-state index contributed by atoms with van der Waals surface area (Å²) in [6.45, 7) is 8.97. The van der Waals surface area contributed by atoms with Gasteiger partial charge in [0.2, 0.25) is 0 Å². The van der Waals surface area contributed by atoms with E-state index in [1.165, 1.54) is 0 Å². The van der Waals surface area contributed by atoms with Crippen LogP contribution < -0.4 is 5.32 Å². The summed E-state index contributed by atoms with van der Waals surface area (Å²) in [5.74, 6) is -0.497. The van der Waals surface area contributed by atoms with Gasteiger partial charge in [-0.25, -0.2) is 9.59 Å². The van der Waals surface area contributed by atoms with Crippen molar-refractivity contribution in [2.45, 2.75) is 46.6 Å². The highest BCUT2D eigenvalue weighted by atomic mass is 16.4. The van der Waals surface area contributed by atoms with Crippen LogP contribution in [-0.2, 0) is 4.79 Å². The summed E-state index contributed by atoms with van der Waals surface area (Å²) in [7, 11) is 0. The SMILES string of the molecule is CC1CCCN(C(=O)N[C@@H](C(=O)O)C(C)(C)C)C1. The van der Waals surface area contributed by atoms with Crippen molar-refractivity contribution in [2.24, 2.45) is 11.3 Å². The number of amides is 2. The molecule has 1 heterocycles. The van der Waals surface area contributed by atoms with Crippen LogP contribution in [0.3, 0.4) is 0 Å². The molecule has 1 saturated heterocycles. The highest BCUT2D eigenvalue weighted by molar-refractivity contribution is 5.83. The lowest BCUT2D eigenvalue weighted by Crippen LogP contribution is -2.54. The number of nitrogens with one attached hydrogen (secondary N) is 1. The number of rotatable bonds is 2. The molecule has 18 heavy (non-hydrogen) atoms. The average Bonchev–Trinajstić information content (AvgIpc) is 2.23. The summed E-state index contributed by atoms with van der Waals surface area (Å²) in [4.78, 5) is 25.0. The highest BCUT2D eigenvalue weighted by Gasteiger charge is 2.34. The van der Waals surface area contributed by atoms with Crippen molar-refractivity contribution in [3.8, 4) is 0 Å². The molecule has 0 radical (unpaired) electrons. The number of nitrogens with zero attached hydrogens (tertiary/aromatic N) is 1. The van der Waals surface area contributed by atoms with E-state index >= 15 is 0 Å². The number of urea groups is 1. The molecule has 0 spiro atoms. The van der Waals surface area contributed by atoms with Gasteiger partial charge in [-0.05, 0) is 24.2 Å². The van der Waals surface area contributed by atoms with Gasteiger partial charge in [0.1, 0.15) is 6.04 Å². The first-order chi connectivity index (χ1) is 8.21. The molecule has 2 atom stereocenters. The number of piperidine rings is 1. The standard InChI is InChI=1S/C13H24N2O3/c1-9-6-5-7-15(8-9)12(18)14-10(11(16)17)13(2,3)4/h9-10H,5-8H2,1-4H3,(H,14,18)(H,16,17)/t9?,10-/m0/s1. The second kappa shape index (κ2) is 5.59. The molecule has 1 fully saturated rings. The monoisotopic (exact) mass is 256 g/mol. The minimum absolute atomic E-state index is 0.260. The Morgan fingerprint density at radius 1 is 1.39 bits per heavy atom. The summed E-state index contributed by atoms with van der Waals surface area (Å²) >= 11 is 0. The van der Waals surface area contributed by atoms with Crippen LogP contribution in [0.15, 0.2) is 0 Å². The Labute approximate surface area is 109 Å². The maximum atomic E-state index is 12.1. The molecule has 2 amide bonds. The van der Waals surface area contributed by atoms with Crippen LogP contribution in [0.2, 0.25) is 0 Å². The van der Waals surface area contributed by atoms with E-state index in [1.54, 1.807) is 4.90 Å². The van der Waals surface area contributed by atoms with E-state index in [4.69, 9.17) is 0 Å². The third kappa shape index (κ3) is 3.89. The molecule has 0 bridgehead atoms. The third-order valence-corrected chi connectivity index (χ3v) is 3.33. The molecule has 0 saturated carbocycles. The molecule has 0 aromatic heterocycles. The quantitative estimate of drug-likeness (QED) is 0.793. The molecule has 2 N–H and O–H groups in total. The lowest BCUT2D eigenvalue weighted by atomic mass is 9.87. The van der Waals surface area contributed by atoms with Crippen molar-refractivity contribution in [1.29, 1.82) is 0 Å². The van der Waals surface area contributed by atoms with Gasteiger partial charge >= 0.3 is 12.0 Å². The first kappa shape index (κ1) is 14.8. The second-order valence-corrected chi connectivity index (χ2v) is 6.28. The number of carbonyl (C=O) groups is 2. The van der Waals surface area contributed by atoms with Crippen LogP contribution in [0.1, 0.15) is 40.5 Å². The zero-order valence-electron chi connectivity index (χ0n) is 11.7. The van der Waals surface area contributed by atoms with E-state index in [0.717, 1.165) is 12.8 Å². The Morgan fingerprint density at radius 3 is 2.44 bits per heavy atom. The smallest absolute Gasteiger partial charge is 0.326 e. The normalized spacial score (nSPS) is 22.4. The van der Waals surface area contributed by atoms with Crippen molar-refractivity contribution >= 4 is 12.0 Å². The van der Waals surface area contributed by atoms with E-state index in [9.17, 15) is 14.7 Å². The maximum Gasteiger partial charge on any atom is 0.326 e. The lowest BCUT2D eigenvalue weighted by molar-refractivity contribution is -0.142. The molecule has 1 rings (SSSR count). The van der Waals surface area contributed by atoms with Gasteiger partial charge < -0.3 is 15.3 Å². The molecular formula is C13H24N2O3. The minimum atomic E-state index is -0.985. The number of hydrogen-bond donors (Lipinski definition) is 2. The van der Waals surface area contributed by atoms with Crippen molar-refractivity contribution in [2.75, 3.05) is 13.1 Å². The topological polar surface area (TPSA) is 69.6 Å². The molecular weight excluding hydrogens is 232 g/mol. The van der Waals surface area contributed by atoms with Gasteiger partial charge in [-0.1, -0.05) is 27.7 Å². The van der Waals surface area contributed by atoms with Crippen molar-refractivity contribution < 1.29 is 14.7 Å². The Hall–Kier alpha value is -1.26. The fourth-order valence-corrected chi connectivity index (χ4v) is 2.24. The van der Waals surface area contributed by atoms with Crippen molar-refractivity contribution in [3.63, 3.8) is 0 Å². The summed E-state index contributed by atoms with van der Waals surface area (Å²) in [6, 6.07) is -1.12. The van der Waals surface area contributed by atoms with Gasteiger partial charge in [0, 0.05) is 13.1 Å². The van der Waals surface area contributed by atoms with Crippen molar-refractivity contribution in [3.05, 3.63) is 0 Å². The van der Waals surface area contributed by atoms with Crippen LogP contribution >= 0.6 is 0 Å². The van der Waals surface area contributed by atoms with Crippen LogP contribution in [0.5, 0.6) is 0 Å². The average molecular weight is 256 g/mol. The predicted molar refractivity (Wildman–Crippen MR) is 69.4 cm³/mol. The molecule has 0 aliphatic carbocycles. The van der Waals surface area contributed by atoms with E-state index in [0.29, 0.717) is 19.0 Å². The maximum absolute atomic E-state index is 12.1. The van der Waals surface area contributed by atoms with Gasteiger partial charge in [0.05, 0.1) is 0 Å². The number of aliphatic carboxylic acids is 1. The Bertz CT molecular complexity index is 323. The first-order valence-corrected chi connectivity index (χ1v) is 6.50. The molecule has 5 heteroatoms. The van der Waals surface area contributed by atoms with E-state index < -0.39 is 17.4 Å². The van der Waals surface area contributed by atoms with E-state index in [-0.39, 0.29) is 6.03 Å². The Kier molecular flexibility index (Phi) is 4.59.